The quantitative estimate of drug-likeness (QED) is 0.850. The molecule has 0 unspecified atom stereocenters. The molecule has 0 saturated carbocycles. The summed E-state index contributed by atoms with van der Waals surface area (Å²) < 4.78 is 6.62. The Kier molecular flexibility index (Phi) is 4.66. The van der Waals surface area contributed by atoms with Crippen molar-refractivity contribution in [3.05, 3.63) is 44.6 Å². The van der Waals surface area contributed by atoms with Crippen LogP contribution in [0.3, 0.4) is 0 Å². The maximum absolute atomic E-state index is 5.48. The number of rotatable bonds is 5. The van der Waals surface area contributed by atoms with Crippen LogP contribution in [0.5, 0.6) is 5.75 Å². The third-order valence-corrected chi connectivity index (χ3v) is 4.28. The Morgan fingerprint density at radius 3 is 2.78 bits per heavy atom. The molecule has 0 spiro atoms. The lowest BCUT2D eigenvalue weighted by Crippen LogP contribution is -2.00. The molecule has 4 heteroatoms. The van der Waals surface area contributed by atoms with Gasteiger partial charge >= 0.3 is 0 Å². The Labute approximate surface area is 120 Å². The summed E-state index contributed by atoms with van der Waals surface area (Å²) in [6, 6.07) is 8.28. The molecule has 0 amide bonds. The Balaban J connectivity index is 2.01. The summed E-state index contributed by atoms with van der Waals surface area (Å²) in [5.41, 5.74) is 2.36. The van der Waals surface area contributed by atoms with Crippen molar-refractivity contribution in [1.82, 2.24) is 0 Å². The van der Waals surface area contributed by atoms with Crippen molar-refractivity contribution in [2.24, 2.45) is 0 Å². The lowest BCUT2D eigenvalue weighted by atomic mass is 10.2. The van der Waals surface area contributed by atoms with Gasteiger partial charge in [-0.3, -0.25) is 0 Å². The molecule has 0 aliphatic rings. The van der Waals surface area contributed by atoms with Crippen LogP contribution >= 0.6 is 27.3 Å². The van der Waals surface area contributed by atoms with E-state index in [1.165, 1.54) is 10.4 Å². The van der Waals surface area contributed by atoms with E-state index in [0.717, 1.165) is 22.5 Å². The first-order chi connectivity index (χ1) is 8.69. The molecule has 1 heterocycles. The Bertz CT molecular complexity index is 524. The third kappa shape index (κ3) is 3.50. The van der Waals surface area contributed by atoms with Crippen molar-refractivity contribution in [2.75, 3.05) is 11.9 Å². The highest BCUT2D eigenvalue weighted by Crippen LogP contribution is 2.24. The van der Waals surface area contributed by atoms with E-state index in [9.17, 15) is 0 Å². The number of benzene rings is 1. The summed E-state index contributed by atoms with van der Waals surface area (Å²) in [7, 11) is 0. The molecular formula is C14H16BrNOS. The van der Waals surface area contributed by atoms with Gasteiger partial charge in [-0.2, -0.15) is 0 Å². The average molecular weight is 326 g/mol. The number of thiophene rings is 1. The van der Waals surface area contributed by atoms with Gasteiger partial charge in [-0.05, 0) is 59.6 Å². The minimum absolute atomic E-state index is 0.704. The zero-order valence-electron chi connectivity index (χ0n) is 10.5. The van der Waals surface area contributed by atoms with Crippen LogP contribution in [-0.2, 0) is 6.54 Å². The molecule has 96 valence electrons. The molecule has 18 heavy (non-hydrogen) atoms. The fraction of sp³-hybridized carbons (Fsp3) is 0.286. The highest BCUT2D eigenvalue weighted by molar-refractivity contribution is 9.10. The summed E-state index contributed by atoms with van der Waals surface area (Å²) in [6.07, 6.45) is 0. The molecule has 0 aliphatic carbocycles. The number of hydrogen-bond donors (Lipinski definition) is 1. The fourth-order valence-corrected chi connectivity index (χ4v) is 3.11. The summed E-state index contributed by atoms with van der Waals surface area (Å²) in [4.78, 5) is 1.31. The second kappa shape index (κ2) is 6.25. The second-order valence-corrected chi connectivity index (χ2v) is 5.91. The number of anilines is 1. The highest BCUT2D eigenvalue weighted by atomic mass is 79.9. The molecule has 1 N–H and O–H groups in total. The highest BCUT2D eigenvalue weighted by Gasteiger charge is 2.02. The summed E-state index contributed by atoms with van der Waals surface area (Å²) in [6.45, 7) is 5.64. The molecule has 2 aromatic rings. The maximum Gasteiger partial charge on any atom is 0.119 e. The van der Waals surface area contributed by atoms with E-state index in [1.807, 2.05) is 13.0 Å². The minimum atomic E-state index is 0.704. The lowest BCUT2D eigenvalue weighted by molar-refractivity contribution is 0.340. The second-order valence-electron chi connectivity index (χ2n) is 3.99. The van der Waals surface area contributed by atoms with Gasteiger partial charge < -0.3 is 10.1 Å². The minimum Gasteiger partial charge on any atom is -0.494 e. The van der Waals surface area contributed by atoms with Crippen molar-refractivity contribution < 1.29 is 4.74 Å². The van der Waals surface area contributed by atoms with E-state index in [2.05, 4.69) is 51.7 Å². The van der Waals surface area contributed by atoms with Gasteiger partial charge in [0.1, 0.15) is 5.75 Å². The van der Waals surface area contributed by atoms with Crippen LogP contribution in [0.1, 0.15) is 17.4 Å². The van der Waals surface area contributed by atoms with Gasteiger partial charge in [-0.1, -0.05) is 0 Å². The predicted octanol–water partition coefficient (Wildman–Crippen LogP) is 4.83. The molecule has 2 nitrogen and oxygen atoms in total. The SMILES string of the molecule is CCOc1ccc(NCc2cc(Br)cs2)c(C)c1. The number of nitrogens with one attached hydrogen (secondary N) is 1. The molecule has 0 aliphatic heterocycles. The lowest BCUT2D eigenvalue weighted by Gasteiger charge is -2.10. The van der Waals surface area contributed by atoms with Crippen molar-refractivity contribution in [1.29, 1.82) is 0 Å². The first-order valence-electron chi connectivity index (χ1n) is 5.89. The van der Waals surface area contributed by atoms with Crippen LogP contribution in [0.15, 0.2) is 34.1 Å². The van der Waals surface area contributed by atoms with Gasteiger partial charge in [0.2, 0.25) is 0 Å². The zero-order valence-corrected chi connectivity index (χ0v) is 12.9. The van der Waals surface area contributed by atoms with E-state index < -0.39 is 0 Å². The van der Waals surface area contributed by atoms with Crippen molar-refractivity contribution in [3.63, 3.8) is 0 Å². The molecule has 0 atom stereocenters. The van der Waals surface area contributed by atoms with E-state index in [0.29, 0.717) is 6.61 Å². The largest absolute Gasteiger partial charge is 0.494 e. The molecule has 0 bridgehead atoms. The summed E-state index contributed by atoms with van der Waals surface area (Å²) in [5.74, 6) is 0.930. The van der Waals surface area contributed by atoms with Crippen LogP contribution in [-0.4, -0.2) is 6.61 Å². The number of halogens is 1. The Hall–Kier alpha value is -1.00. The third-order valence-electron chi connectivity index (χ3n) is 2.58. The molecule has 0 saturated heterocycles. The molecule has 0 radical (unpaired) electrons. The van der Waals surface area contributed by atoms with Gasteiger partial charge in [-0.15, -0.1) is 11.3 Å². The Morgan fingerprint density at radius 2 is 2.17 bits per heavy atom. The van der Waals surface area contributed by atoms with Crippen molar-refractivity contribution in [2.45, 2.75) is 20.4 Å². The maximum atomic E-state index is 5.48. The van der Waals surface area contributed by atoms with Crippen LogP contribution in [0, 0.1) is 6.92 Å². The molecular weight excluding hydrogens is 310 g/mol. The van der Waals surface area contributed by atoms with E-state index in [4.69, 9.17) is 4.74 Å². The molecule has 2 rings (SSSR count). The van der Waals surface area contributed by atoms with E-state index in [-0.39, 0.29) is 0 Å². The van der Waals surface area contributed by atoms with Gasteiger partial charge in [0.15, 0.2) is 0 Å². The number of aryl methyl sites for hydroxylation is 1. The van der Waals surface area contributed by atoms with Crippen LogP contribution in [0.4, 0.5) is 5.69 Å². The van der Waals surface area contributed by atoms with E-state index >= 15 is 0 Å². The molecule has 0 fully saturated rings. The summed E-state index contributed by atoms with van der Waals surface area (Å²) >= 11 is 5.22. The van der Waals surface area contributed by atoms with Crippen molar-refractivity contribution >= 4 is 33.0 Å². The first kappa shape index (κ1) is 13.4. The Morgan fingerprint density at radius 1 is 1.33 bits per heavy atom. The molecule has 1 aromatic carbocycles. The topological polar surface area (TPSA) is 21.3 Å². The number of ether oxygens (including phenoxy) is 1. The zero-order chi connectivity index (χ0) is 13.0. The first-order valence-corrected chi connectivity index (χ1v) is 7.56. The summed E-state index contributed by atoms with van der Waals surface area (Å²) in [5, 5.41) is 5.55. The van der Waals surface area contributed by atoms with Crippen LogP contribution in [0.25, 0.3) is 0 Å². The molecule has 1 aromatic heterocycles. The van der Waals surface area contributed by atoms with E-state index in [1.54, 1.807) is 11.3 Å². The van der Waals surface area contributed by atoms with Gasteiger partial charge in [0.05, 0.1) is 6.61 Å². The van der Waals surface area contributed by atoms with Crippen LogP contribution < -0.4 is 10.1 Å². The standard InChI is InChI=1S/C14H16BrNOS/c1-3-17-12-4-5-14(10(2)6-12)16-8-13-7-11(15)9-18-13/h4-7,9,16H,3,8H2,1-2H3. The smallest absolute Gasteiger partial charge is 0.119 e. The van der Waals surface area contributed by atoms with Gasteiger partial charge in [-0.25, -0.2) is 0 Å². The average Bonchev–Trinajstić information content (AvgIpc) is 2.74. The van der Waals surface area contributed by atoms with Crippen molar-refractivity contribution in [3.8, 4) is 5.75 Å². The number of hydrogen-bond acceptors (Lipinski definition) is 3. The van der Waals surface area contributed by atoms with Gasteiger partial charge in [0, 0.05) is 27.0 Å². The predicted molar refractivity (Wildman–Crippen MR) is 81.7 cm³/mol. The monoisotopic (exact) mass is 325 g/mol. The normalized spacial score (nSPS) is 10.4. The fourth-order valence-electron chi connectivity index (χ4n) is 1.72. The van der Waals surface area contributed by atoms with Gasteiger partial charge in [0.25, 0.3) is 0 Å². The van der Waals surface area contributed by atoms with Crippen LogP contribution in [0.2, 0.25) is 0 Å².